The SMILES string of the molecule is Cc1ccc2c(c1)c1c(n2/C=C2/CCCc3ccccc32)CCN(C)C1. The van der Waals surface area contributed by atoms with Gasteiger partial charge in [0.2, 0.25) is 0 Å². The Hall–Kier alpha value is -2.32. The molecule has 132 valence electrons. The lowest BCUT2D eigenvalue weighted by molar-refractivity contribution is 0.312. The molecule has 3 aromatic rings. The van der Waals surface area contributed by atoms with Gasteiger partial charge in [0.25, 0.3) is 0 Å². The van der Waals surface area contributed by atoms with Gasteiger partial charge in [-0.05, 0) is 67.6 Å². The lowest BCUT2D eigenvalue weighted by Crippen LogP contribution is -2.26. The Morgan fingerprint density at radius 3 is 2.81 bits per heavy atom. The molecule has 0 saturated heterocycles. The number of aromatic nitrogens is 1. The molecular formula is C24H26N2. The van der Waals surface area contributed by atoms with Gasteiger partial charge >= 0.3 is 0 Å². The van der Waals surface area contributed by atoms with E-state index in [1.54, 1.807) is 0 Å². The molecule has 2 nitrogen and oxygen atoms in total. The van der Waals surface area contributed by atoms with Crippen LogP contribution in [0.2, 0.25) is 0 Å². The van der Waals surface area contributed by atoms with Crippen molar-refractivity contribution in [1.29, 1.82) is 0 Å². The van der Waals surface area contributed by atoms with Crippen LogP contribution in [-0.4, -0.2) is 23.1 Å². The highest BCUT2D eigenvalue weighted by molar-refractivity contribution is 5.91. The predicted molar refractivity (Wildman–Crippen MR) is 110 cm³/mol. The third kappa shape index (κ3) is 2.52. The second-order valence-electron chi connectivity index (χ2n) is 7.97. The average Bonchev–Trinajstić information content (AvgIpc) is 2.94. The van der Waals surface area contributed by atoms with Crippen molar-refractivity contribution in [2.45, 2.75) is 39.2 Å². The van der Waals surface area contributed by atoms with Gasteiger partial charge in [0.1, 0.15) is 0 Å². The number of likely N-dealkylation sites (N-methyl/N-ethyl adjacent to an activating group) is 1. The third-order valence-corrected chi connectivity index (χ3v) is 6.07. The quantitative estimate of drug-likeness (QED) is 0.585. The highest BCUT2D eigenvalue weighted by Crippen LogP contribution is 2.35. The summed E-state index contributed by atoms with van der Waals surface area (Å²) in [5, 5.41) is 1.44. The largest absolute Gasteiger partial charge is 0.320 e. The number of benzene rings is 2. The molecule has 1 aromatic heterocycles. The van der Waals surface area contributed by atoms with Crippen LogP contribution < -0.4 is 0 Å². The van der Waals surface area contributed by atoms with Crippen molar-refractivity contribution in [2.75, 3.05) is 13.6 Å². The number of hydrogen-bond acceptors (Lipinski definition) is 1. The molecule has 5 rings (SSSR count). The summed E-state index contributed by atoms with van der Waals surface area (Å²) in [6, 6.07) is 15.9. The van der Waals surface area contributed by atoms with Crippen LogP contribution in [0, 0.1) is 6.92 Å². The first-order chi connectivity index (χ1) is 12.7. The zero-order valence-corrected chi connectivity index (χ0v) is 15.8. The van der Waals surface area contributed by atoms with Gasteiger partial charge in [0, 0.05) is 36.8 Å². The summed E-state index contributed by atoms with van der Waals surface area (Å²) in [5.41, 5.74) is 10.2. The van der Waals surface area contributed by atoms with Crippen molar-refractivity contribution in [3.05, 3.63) is 70.4 Å². The zero-order chi connectivity index (χ0) is 17.7. The highest BCUT2D eigenvalue weighted by atomic mass is 15.1. The molecule has 26 heavy (non-hydrogen) atoms. The Kier molecular flexibility index (Phi) is 3.75. The molecule has 0 bridgehead atoms. The molecule has 0 unspecified atom stereocenters. The van der Waals surface area contributed by atoms with Crippen molar-refractivity contribution >= 4 is 22.7 Å². The molecule has 2 heterocycles. The maximum absolute atomic E-state index is 2.51. The molecule has 0 atom stereocenters. The molecule has 2 aliphatic rings. The van der Waals surface area contributed by atoms with Crippen LogP contribution in [0.1, 0.15) is 40.8 Å². The van der Waals surface area contributed by atoms with Gasteiger partial charge in [0.15, 0.2) is 0 Å². The topological polar surface area (TPSA) is 8.17 Å². The Morgan fingerprint density at radius 1 is 1.00 bits per heavy atom. The summed E-state index contributed by atoms with van der Waals surface area (Å²) < 4.78 is 2.51. The van der Waals surface area contributed by atoms with E-state index in [2.05, 4.69) is 72.1 Å². The molecule has 2 heteroatoms. The maximum Gasteiger partial charge on any atom is 0.0529 e. The maximum atomic E-state index is 2.51. The zero-order valence-electron chi connectivity index (χ0n) is 15.8. The van der Waals surface area contributed by atoms with Gasteiger partial charge in [-0.25, -0.2) is 0 Å². The Labute approximate surface area is 155 Å². The van der Waals surface area contributed by atoms with Gasteiger partial charge in [-0.15, -0.1) is 0 Å². The number of nitrogens with zero attached hydrogens (tertiary/aromatic N) is 2. The number of allylic oxidation sites excluding steroid dienone is 1. The summed E-state index contributed by atoms with van der Waals surface area (Å²) >= 11 is 0. The van der Waals surface area contributed by atoms with E-state index in [4.69, 9.17) is 0 Å². The van der Waals surface area contributed by atoms with Crippen LogP contribution in [0.4, 0.5) is 0 Å². The molecule has 0 radical (unpaired) electrons. The second kappa shape index (κ2) is 6.14. The second-order valence-corrected chi connectivity index (χ2v) is 7.97. The number of hydrogen-bond donors (Lipinski definition) is 0. The number of aryl methyl sites for hydroxylation is 2. The van der Waals surface area contributed by atoms with Gasteiger partial charge in [-0.1, -0.05) is 35.9 Å². The van der Waals surface area contributed by atoms with Crippen molar-refractivity contribution in [3.8, 4) is 0 Å². The van der Waals surface area contributed by atoms with Crippen molar-refractivity contribution in [2.24, 2.45) is 0 Å². The van der Waals surface area contributed by atoms with Gasteiger partial charge in [0.05, 0.1) is 5.52 Å². The van der Waals surface area contributed by atoms with Gasteiger partial charge in [-0.2, -0.15) is 0 Å². The first-order valence-electron chi connectivity index (χ1n) is 9.80. The molecule has 0 fully saturated rings. The van der Waals surface area contributed by atoms with E-state index in [0.29, 0.717) is 0 Å². The highest BCUT2D eigenvalue weighted by Gasteiger charge is 2.22. The van der Waals surface area contributed by atoms with Crippen LogP contribution >= 0.6 is 0 Å². The normalized spacial score (nSPS) is 18.9. The monoisotopic (exact) mass is 342 g/mol. The lowest BCUT2D eigenvalue weighted by atomic mass is 9.88. The summed E-state index contributed by atoms with van der Waals surface area (Å²) in [6.07, 6.45) is 7.22. The molecular weight excluding hydrogens is 316 g/mol. The summed E-state index contributed by atoms with van der Waals surface area (Å²) in [4.78, 5) is 2.44. The standard InChI is InChI=1S/C24H26N2/c1-17-10-11-23-21(14-17)22-16-25(2)13-12-24(22)26(23)15-19-8-5-7-18-6-3-4-9-20(18)19/h3-4,6,9-11,14-15H,5,7-8,12-13,16H2,1-2H3/b19-15-. The first kappa shape index (κ1) is 15.9. The fourth-order valence-electron chi connectivity index (χ4n) is 4.73. The van der Waals surface area contributed by atoms with E-state index in [-0.39, 0.29) is 0 Å². The van der Waals surface area contributed by atoms with Crippen LogP contribution in [0.15, 0.2) is 42.5 Å². The molecule has 0 spiro atoms. The minimum Gasteiger partial charge on any atom is -0.320 e. The molecule has 0 amide bonds. The van der Waals surface area contributed by atoms with Crippen molar-refractivity contribution in [3.63, 3.8) is 0 Å². The minimum atomic E-state index is 1.06. The average molecular weight is 342 g/mol. The Balaban J connectivity index is 1.74. The van der Waals surface area contributed by atoms with Gasteiger partial charge in [-0.3, -0.25) is 0 Å². The predicted octanol–water partition coefficient (Wildman–Crippen LogP) is 5.27. The Morgan fingerprint density at radius 2 is 1.88 bits per heavy atom. The number of fused-ring (bicyclic) bond motifs is 4. The summed E-state index contributed by atoms with van der Waals surface area (Å²) in [6.45, 7) is 4.40. The van der Waals surface area contributed by atoms with Crippen LogP contribution in [0.25, 0.3) is 22.7 Å². The third-order valence-electron chi connectivity index (χ3n) is 6.07. The van der Waals surface area contributed by atoms with Crippen LogP contribution in [-0.2, 0) is 19.4 Å². The molecule has 2 aromatic carbocycles. The summed E-state index contributed by atoms with van der Waals surface area (Å²) in [7, 11) is 2.23. The minimum absolute atomic E-state index is 1.06. The lowest BCUT2D eigenvalue weighted by Gasteiger charge is -2.24. The first-order valence-corrected chi connectivity index (χ1v) is 9.80. The van der Waals surface area contributed by atoms with Crippen LogP contribution in [0.5, 0.6) is 0 Å². The van der Waals surface area contributed by atoms with E-state index < -0.39 is 0 Å². The van der Waals surface area contributed by atoms with Crippen molar-refractivity contribution in [1.82, 2.24) is 9.47 Å². The molecule has 0 saturated carbocycles. The molecule has 1 aliphatic carbocycles. The van der Waals surface area contributed by atoms with Crippen LogP contribution in [0.3, 0.4) is 0 Å². The Bertz CT molecular complexity index is 1020. The fourth-order valence-corrected chi connectivity index (χ4v) is 4.73. The van der Waals surface area contributed by atoms with E-state index >= 15 is 0 Å². The van der Waals surface area contributed by atoms with E-state index in [1.807, 2.05) is 0 Å². The molecule has 0 N–H and O–H groups in total. The van der Waals surface area contributed by atoms with Crippen molar-refractivity contribution < 1.29 is 0 Å². The van der Waals surface area contributed by atoms with E-state index in [1.165, 1.54) is 63.7 Å². The fraction of sp³-hybridized carbons (Fsp3) is 0.333. The van der Waals surface area contributed by atoms with Gasteiger partial charge < -0.3 is 9.47 Å². The molecule has 1 aliphatic heterocycles. The van der Waals surface area contributed by atoms with E-state index in [9.17, 15) is 0 Å². The smallest absolute Gasteiger partial charge is 0.0529 e. The number of rotatable bonds is 1. The summed E-state index contributed by atoms with van der Waals surface area (Å²) in [5.74, 6) is 0. The van der Waals surface area contributed by atoms with E-state index in [0.717, 1.165) is 19.5 Å².